The highest BCUT2D eigenvalue weighted by Crippen LogP contribution is 2.13. The van der Waals surface area contributed by atoms with E-state index in [0.717, 1.165) is 0 Å². The van der Waals surface area contributed by atoms with E-state index in [0.29, 0.717) is 5.06 Å². The first kappa shape index (κ1) is 23.2. The van der Waals surface area contributed by atoms with Crippen LogP contribution in [0.1, 0.15) is 54.4 Å². The van der Waals surface area contributed by atoms with Crippen LogP contribution in [0.3, 0.4) is 0 Å². The summed E-state index contributed by atoms with van der Waals surface area (Å²) in [6.45, 7) is 9.43. The molecule has 0 aromatic rings. The van der Waals surface area contributed by atoms with Crippen molar-refractivity contribution in [1.29, 1.82) is 0 Å². The smallest absolute Gasteiger partial charge is 0.408 e. The van der Waals surface area contributed by atoms with Crippen LogP contribution in [0.4, 0.5) is 9.59 Å². The number of imide groups is 1. The molecule has 0 aromatic heterocycles. The van der Waals surface area contributed by atoms with Crippen molar-refractivity contribution >= 4 is 30.0 Å². The van der Waals surface area contributed by atoms with Crippen LogP contribution in [0.25, 0.3) is 0 Å². The van der Waals surface area contributed by atoms with Gasteiger partial charge in [0, 0.05) is 12.8 Å². The highest BCUT2D eigenvalue weighted by molar-refractivity contribution is 6.01. The summed E-state index contributed by atoms with van der Waals surface area (Å²) in [4.78, 5) is 64.1. The van der Waals surface area contributed by atoms with Crippen LogP contribution in [0.15, 0.2) is 0 Å². The Bertz CT molecular complexity index is 632. The standard InChI is InChI=1S/C17H27N3O8/c1-16(2,3)26-14(24)18-9-10(19-15(25)27-17(4,5)6)13(23)28-20-11(21)7-8-12(20)22/h10H,7-9H2,1-6H3,(H,18,24)(H,19,25). The zero-order valence-electron chi connectivity index (χ0n) is 16.9. The molecule has 1 atom stereocenters. The molecule has 0 aromatic carbocycles. The SMILES string of the molecule is CC(C)(C)OC(=O)NCC(NC(=O)OC(C)(C)C)C(=O)ON1C(=O)CCC1=O. The topological polar surface area (TPSA) is 140 Å². The molecule has 2 N–H and O–H groups in total. The van der Waals surface area contributed by atoms with Crippen molar-refractivity contribution < 1.29 is 38.3 Å². The fourth-order valence-electron chi connectivity index (χ4n) is 1.95. The number of nitrogens with zero attached hydrogens (tertiary/aromatic N) is 1. The van der Waals surface area contributed by atoms with E-state index in [1.165, 1.54) is 0 Å². The number of hydrogen-bond donors (Lipinski definition) is 2. The molecule has 0 bridgehead atoms. The first-order valence-electron chi connectivity index (χ1n) is 8.72. The molecule has 0 aliphatic carbocycles. The van der Waals surface area contributed by atoms with Gasteiger partial charge in [-0.25, -0.2) is 14.4 Å². The Morgan fingerprint density at radius 2 is 1.39 bits per heavy atom. The Morgan fingerprint density at radius 1 is 0.929 bits per heavy atom. The molecular formula is C17H27N3O8. The molecule has 1 rings (SSSR count). The molecule has 28 heavy (non-hydrogen) atoms. The molecule has 0 radical (unpaired) electrons. The van der Waals surface area contributed by atoms with E-state index in [2.05, 4.69) is 10.6 Å². The highest BCUT2D eigenvalue weighted by atomic mass is 16.7. The zero-order valence-corrected chi connectivity index (χ0v) is 16.9. The van der Waals surface area contributed by atoms with Crippen molar-refractivity contribution in [3.8, 4) is 0 Å². The highest BCUT2D eigenvalue weighted by Gasteiger charge is 2.36. The number of rotatable bonds is 5. The Hall–Kier alpha value is -2.85. The lowest BCUT2D eigenvalue weighted by Gasteiger charge is -2.24. The fraction of sp³-hybridized carbons (Fsp3) is 0.706. The lowest BCUT2D eigenvalue weighted by molar-refractivity contribution is -0.198. The second kappa shape index (κ2) is 8.89. The monoisotopic (exact) mass is 401 g/mol. The number of amides is 4. The maximum absolute atomic E-state index is 12.4. The molecule has 11 heteroatoms. The van der Waals surface area contributed by atoms with E-state index in [1.807, 2.05) is 0 Å². The minimum atomic E-state index is -1.43. The van der Waals surface area contributed by atoms with E-state index >= 15 is 0 Å². The zero-order chi connectivity index (χ0) is 21.7. The normalized spacial score (nSPS) is 15.7. The van der Waals surface area contributed by atoms with Crippen molar-refractivity contribution in [2.45, 2.75) is 71.6 Å². The maximum atomic E-state index is 12.4. The summed E-state index contributed by atoms with van der Waals surface area (Å²) in [6.07, 6.45) is -1.93. The number of hydrogen-bond acceptors (Lipinski definition) is 8. The van der Waals surface area contributed by atoms with Gasteiger partial charge in [0.05, 0.1) is 6.54 Å². The quantitative estimate of drug-likeness (QED) is 0.651. The van der Waals surface area contributed by atoms with Crippen LogP contribution < -0.4 is 10.6 Å². The predicted octanol–water partition coefficient (Wildman–Crippen LogP) is 1.01. The van der Waals surface area contributed by atoms with Gasteiger partial charge in [-0.2, -0.15) is 0 Å². The Morgan fingerprint density at radius 3 is 1.86 bits per heavy atom. The van der Waals surface area contributed by atoms with Crippen LogP contribution in [0, 0.1) is 0 Å². The fourth-order valence-corrected chi connectivity index (χ4v) is 1.95. The Kier molecular flexibility index (Phi) is 7.36. The van der Waals surface area contributed by atoms with Crippen LogP contribution in [0.2, 0.25) is 0 Å². The second-order valence-corrected chi connectivity index (χ2v) is 8.07. The number of ether oxygens (including phenoxy) is 2. The van der Waals surface area contributed by atoms with Gasteiger partial charge >= 0.3 is 18.2 Å². The van der Waals surface area contributed by atoms with Crippen molar-refractivity contribution in [2.24, 2.45) is 0 Å². The van der Waals surface area contributed by atoms with Gasteiger partial charge in [-0.3, -0.25) is 9.59 Å². The minimum Gasteiger partial charge on any atom is -0.444 e. The molecule has 11 nitrogen and oxygen atoms in total. The molecular weight excluding hydrogens is 374 g/mol. The van der Waals surface area contributed by atoms with Gasteiger partial charge in [0.15, 0.2) is 0 Å². The van der Waals surface area contributed by atoms with Crippen LogP contribution in [-0.4, -0.2) is 58.8 Å². The van der Waals surface area contributed by atoms with Gasteiger partial charge in [0.1, 0.15) is 17.2 Å². The third-order valence-corrected chi connectivity index (χ3v) is 3.01. The molecule has 1 heterocycles. The molecule has 4 amide bonds. The summed E-state index contributed by atoms with van der Waals surface area (Å²) in [5, 5.41) is 4.90. The first-order chi connectivity index (χ1) is 12.7. The van der Waals surface area contributed by atoms with Crippen LogP contribution >= 0.6 is 0 Å². The van der Waals surface area contributed by atoms with E-state index in [-0.39, 0.29) is 12.8 Å². The van der Waals surface area contributed by atoms with Gasteiger partial charge < -0.3 is 24.9 Å². The number of carbonyl (C=O) groups is 5. The van der Waals surface area contributed by atoms with E-state index in [4.69, 9.17) is 14.3 Å². The van der Waals surface area contributed by atoms with Gasteiger partial charge in [-0.1, -0.05) is 0 Å². The molecule has 1 saturated heterocycles. The van der Waals surface area contributed by atoms with Gasteiger partial charge in [-0.15, -0.1) is 5.06 Å². The molecule has 158 valence electrons. The summed E-state index contributed by atoms with van der Waals surface area (Å²) in [6, 6.07) is -1.43. The van der Waals surface area contributed by atoms with Crippen molar-refractivity contribution in [1.82, 2.24) is 15.7 Å². The van der Waals surface area contributed by atoms with E-state index < -0.39 is 53.8 Å². The molecule has 1 fully saturated rings. The third-order valence-electron chi connectivity index (χ3n) is 3.01. The number of nitrogens with one attached hydrogen (secondary N) is 2. The lowest BCUT2D eigenvalue weighted by atomic mass is 10.2. The van der Waals surface area contributed by atoms with Crippen molar-refractivity contribution in [3.63, 3.8) is 0 Å². The predicted molar refractivity (Wildman–Crippen MR) is 94.6 cm³/mol. The van der Waals surface area contributed by atoms with Gasteiger partial charge in [-0.05, 0) is 41.5 Å². The second-order valence-electron chi connectivity index (χ2n) is 8.07. The third kappa shape index (κ3) is 8.23. The summed E-state index contributed by atoms with van der Waals surface area (Å²) in [5.74, 6) is -2.46. The molecule has 0 saturated carbocycles. The average molecular weight is 401 g/mol. The maximum Gasteiger partial charge on any atom is 0.408 e. The van der Waals surface area contributed by atoms with Crippen molar-refractivity contribution in [2.75, 3.05) is 6.54 Å². The minimum absolute atomic E-state index is 0.0770. The van der Waals surface area contributed by atoms with Crippen LogP contribution in [0.5, 0.6) is 0 Å². The summed E-state index contributed by atoms with van der Waals surface area (Å²) >= 11 is 0. The number of hydroxylamine groups is 2. The van der Waals surface area contributed by atoms with E-state index in [1.54, 1.807) is 41.5 Å². The van der Waals surface area contributed by atoms with Gasteiger partial charge in [0.2, 0.25) is 0 Å². The Balaban J connectivity index is 2.79. The van der Waals surface area contributed by atoms with Crippen molar-refractivity contribution in [3.05, 3.63) is 0 Å². The number of alkyl carbamates (subject to hydrolysis) is 2. The number of carbonyl (C=O) groups excluding carboxylic acids is 5. The molecule has 1 aliphatic heterocycles. The summed E-state index contributed by atoms with van der Waals surface area (Å²) in [7, 11) is 0. The molecule has 1 aliphatic rings. The van der Waals surface area contributed by atoms with Gasteiger partial charge in [0.25, 0.3) is 11.8 Å². The molecule has 0 spiro atoms. The largest absolute Gasteiger partial charge is 0.444 e. The summed E-state index contributed by atoms with van der Waals surface area (Å²) < 4.78 is 10.1. The molecule has 1 unspecified atom stereocenters. The summed E-state index contributed by atoms with van der Waals surface area (Å²) in [5.41, 5.74) is -1.61. The first-order valence-corrected chi connectivity index (χ1v) is 8.72. The Labute approximate surface area is 163 Å². The van der Waals surface area contributed by atoms with Crippen LogP contribution in [-0.2, 0) is 28.7 Å². The lowest BCUT2D eigenvalue weighted by Crippen LogP contribution is -2.52. The average Bonchev–Trinajstić information content (AvgIpc) is 2.79. The van der Waals surface area contributed by atoms with E-state index in [9.17, 15) is 24.0 Å².